The van der Waals surface area contributed by atoms with E-state index in [2.05, 4.69) is 26.1 Å². The van der Waals surface area contributed by atoms with Gasteiger partial charge < -0.3 is 5.32 Å². The molecule has 1 aliphatic heterocycles. The van der Waals surface area contributed by atoms with Gasteiger partial charge >= 0.3 is 0 Å². The molecule has 1 unspecified atom stereocenters. The van der Waals surface area contributed by atoms with E-state index in [1.165, 1.54) is 12.8 Å². The molecule has 1 N–H and O–H groups in total. The first kappa shape index (κ1) is 12.2. The number of nitrogens with one attached hydrogen (secondary N) is 1. The Bertz CT molecular complexity index is 442. The minimum atomic E-state index is 0.0464. The molecular weight excluding hydrogens is 292 g/mol. The smallest absolute Gasteiger partial charge is 0.251 e. The highest BCUT2D eigenvalue weighted by atomic mass is 79.9. The van der Waals surface area contributed by atoms with E-state index in [1.807, 2.05) is 24.3 Å². The summed E-state index contributed by atoms with van der Waals surface area (Å²) < 4.78 is 1.000. The fraction of sp³-hybridized carbons (Fsp3) is 0.500. The molecule has 96 valence electrons. The van der Waals surface area contributed by atoms with Gasteiger partial charge in [0.05, 0.1) is 0 Å². The molecule has 3 nitrogen and oxygen atoms in total. The van der Waals surface area contributed by atoms with Gasteiger partial charge in [-0.05, 0) is 43.5 Å². The van der Waals surface area contributed by atoms with E-state index < -0.39 is 0 Å². The van der Waals surface area contributed by atoms with Gasteiger partial charge in [-0.2, -0.15) is 0 Å². The molecule has 18 heavy (non-hydrogen) atoms. The standard InChI is InChI=1S/C14H17BrN2O/c15-11-3-1-10(2-4-11)14(18)16-12-7-8-17(9-12)13-5-6-13/h1-4,12-13H,5-9H2,(H,16,18). The Kier molecular flexibility index (Phi) is 3.39. The Labute approximate surface area is 116 Å². The van der Waals surface area contributed by atoms with Crippen molar-refractivity contribution in [1.29, 1.82) is 0 Å². The Morgan fingerprint density at radius 2 is 1.94 bits per heavy atom. The van der Waals surface area contributed by atoms with E-state index in [9.17, 15) is 4.79 Å². The summed E-state index contributed by atoms with van der Waals surface area (Å²) in [6, 6.07) is 8.64. The second-order valence-corrected chi connectivity index (χ2v) is 6.11. The van der Waals surface area contributed by atoms with Gasteiger partial charge in [-0.1, -0.05) is 15.9 Å². The number of hydrogen-bond donors (Lipinski definition) is 1. The van der Waals surface area contributed by atoms with E-state index in [1.54, 1.807) is 0 Å². The van der Waals surface area contributed by atoms with Crippen LogP contribution in [0, 0.1) is 0 Å². The van der Waals surface area contributed by atoms with Gasteiger partial charge in [0.1, 0.15) is 0 Å². The molecule has 1 aromatic rings. The van der Waals surface area contributed by atoms with E-state index in [0.29, 0.717) is 6.04 Å². The second-order valence-electron chi connectivity index (χ2n) is 5.19. The molecule has 0 radical (unpaired) electrons. The lowest BCUT2D eigenvalue weighted by atomic mass is 10.2. The van der Waals surface area contributed by atoms with Gasteiger partial charge in [0.2, 0.25) is 0 Å². The van der Waals surface area contributed by atoms with E-state index in [4.69, 9.17) is 0 Å². The largest absolute Gasteiger partial charge is 0.348 e. The highest BCUT2D eigenvalue weighted by Crippen LogP contribution is 2.29. The summed E-state index contributed by atoms with van der Waals surface area (Å²) in [4.78, 5) is 14.6. The average molecular weight is 309 g/mol. The molecule has 4 heteroatoms. The monoisotopic (exact) mass is 308 g/mol. The van der Waals surface area contributed by atoms with E-state index in [-0.39, 0.29) is 5.91 Å². The lowest BCUT2D eigenvalue weighted by molar-refractivity contribution is 0.0937. The van der Waals surface area contributed by atoms with Crippen LogP contribution in [0.5, 0.6) is 0 Å². The Hall–Kier alpha value is -0.870. The molecular formula is C14H17BrN2O. The summed E-state index contributed by atoms with van der Waals surface area (Å²) in [6.07, 6.45) is 3.76. The number of amides is 1. The number of halogens is 1. The molecule has 1 aliphatic carbocycles. The van der Waals surface area contributed by atoms with Crippen LogP contribution in [-0.2, 0) is 0 Å². The Morgan fingerprint density at radius 3 is 2.61 bits per heavy atom. The van der Waals surface area contributed by atoms with Crippen molar-refractivity contribution < 1.29 is 4.79 Å². The van der Waals surface area contributed by atoms with Crippen molar-refractivity contribution in [2.24, 2.45) is 0 Å². The van der Waals surface area contributed by atoms with Gasteiger partial charge in [-0.25, -0.2) is 0 Å². The highest BCUT2D eigenvalue weighted by Gasteiger charge is 2.34. The maximum Gasteiger partial charge on any atom is 0.251 e. The third-order valence-corrected chi connectivity index (χ3v) is 4.25. The third kappa shape index (κ3) is 2.75. The topological polar surface area (TPSA) is 32.3 Å². The number of hydrogen-bond acceptors (Lipinski definition) is 2. The van der Waals surface area contributed by atoms with Crippen molar-refractivity contribution >= 4 is 21.8 Å². The first-order valence-electron chi connectivity index (χ1n) is 6.53. The third-order valence-electron chi connectivity index (χ3n) is 3.72. The van der Waals surface area contributed by atoms with Crippen molar-refractivity contribution in [3.63, 3.8) is 0 Å². The molecule has 2 fully saturated rings. The Balaban J connectivity index is 1.56. The van der Waals surface area contributed by atoms with Gasteiger partial charge in [0.15, 0.2) is 0 Å². The van der Waals surface area contributed by atoms with Crippen LogP contribution in [-0.4, -0.2) is 36.0 Å². The summed E-state index contributed by atoms with van der Waals surface area (Å²) in [5.74, 6) is 0.0464. The zero-order chi connectivity index (χ0) is 12.5. The normalized spacial score (nSPS) is 24.2. The summed E-state index contributed by atoms with van der Waals surface area (Å²) >= 11 is 3.38. The number of carbonyl (C=O) groups is 1. The molecule has 0 bridgehead atoms. The number of likely N-dealkylation sites (tertiary alicyclic amines) is 1. The predicted octanol–water partition coefficient (Wildman–Crippen LogP) is 2.42. The molecule has 2 aliphatic rings. The molecule has 1 saturated heterocycles. The minimum Gasteiger partial charge on any atom is -0.348 e. The molecule has 1 amide bonds. The van der Waals surface area contributed by atoms with Crippen LogP contribution in [0.1, 0.15) is 29.6 Å². The first-order chi connectivity index (χ1) is 8.72. The van der Waals surface area contributed by atoms with Gasteiger partial charge in [0, 0.05) is 35.2 Å². The summed E-state index contributed by atoms with van der Waals surface area (Å²) in [5, 5.41) is 3.13. The van der Waals surface area contributed by atoms with Crippen LogP contribution in [0.2, 0.25) is 0 Å². The number of rotatable bonds is 3. The van der Waals surface area contributed by atoms with Crippen molar-refractivity contribution in [2.45, 2.75) is 31.3 Å². The summed E-state index contributed by atoms with van der Waals surface area (Å²) in [7, 11) is 0. The van der Waals surface area contributed by atoms with Crippen LogP contribution in [0.4, 0.5) is 0 Å². The van der Waals surface area contributed by atoms with Crippen LogP contribution in [0.3, 0.4) is 0 Å². The maximum atomic E-state index is 12.1. The first-order valence-corrected chi connectivity index (χ1v) is 7.32. The lowest BCUT2D eigenvalue weighted by Gasteiger charge is -2.15. The van der Waals surface area contributed by atoms with Crippen molar-refractivity contribution in [3.05, 3.63) is 34.3 Å². The zero-order valence-electron chi connectivity index (χ0n) is 10.2. The van der Waals surface area contributed by atoms with Gasteiger partial charge in [-0.15, -0.1) is 0 Å². The number of carbonyl (C=O) groups excluding carboxylic acids is 1. The molecule has 0 spiro atoms. The number of benzene rings is 1. The van der Waals surface area contributed by atoms with Crippen LogP contribution >= 0.6 is 15.9 Å². The molecule has 1 saturated carbocycles. The fourth-order valence-electron chi connectivity index (χ4n) is 2.55. The zero-order valence-corrected chi connectivity index (χ0v) is 11.8. The van der Waals surface area contributed by atoms with E-state index in [0.717, 1.165) is 35.6 Å². The second kappa shape index (κ2) is 5.02. The molecule has 3 rings (SSSR count). The average Bonchev–Trinajstić information content (AvgIpc) is 3.11. The SMILES string of the molecule is O=C(NC1CCN(C2CC2)C1)c1ccc(Br)cc1. The highest BCUT2D eigenvalue weighted by molar-refractivity contribution is 9.10. The van der Waals surface area contributed by atoms with Crippen molar-refractivity contribution in [2.75, 3.05) is 13.1 Å². The van der Waals surface area contributed by atoms with Crippen molar-refractivity contribution in [3.8, 4) is 0 Å². The quantitative estimate of drug-likeness (QED) is 0.930. The molecule has 1 atom stereocenters. The lowest BCUT2D eigenvalue weighted by Crippen LogP contribution is -2.37. The van der Waals surface area contributed by atoms with E-state index >= 15 is 0 Å². The predicted molar refractivity (Wildman–Crippen MR) is 74.6 cm³/mol. The minimum absolute atomic E-state index is 0.0464. The fourth-order valence-corrected chi connectivity index (χ4v) is 2.81. The van der Waals surface area contributed by atoms with Crippen LogP contribution in [0.15, 0.2) is 28.7 Å². The van der Waals surface area contributed by atoms with Crippen molar-refractivity contribution in [1.82, 2.24) is 10.2 Å². The number of nitrogens with zero attached hydrogens (tertiary/aromatic N) is 1. The maximum absolute atomic E-state index is 12.1. The molecule has 0 aromatic heterocycles. The molecule has 1 heterocycles. The van der Waals surface area contributed by atoms with Gasteiger partial charge in [-0.3, -0.25) is 9.69 Å². The van der Waals surface area contributed by atoms with Gasteiger partial charge in [0.25, 0.3) is 5.91 Å². The summed E-state index contributed by atoms with van der Waals surface area (Å²) in [6.45, 7) is 2.16. The summed E-state index contributed by atoms with van der Waals surface area (Å²) in [5.41, 5.74) is 0.739. The van der Waals surface area contributed by atoms with Crippen LogP contribution in [0.25, 0.3) is 0 Å². The Morgan fingerprint density at radius 1 is 1.22 bits per heavy atom. The molecule has 1 aromatic carbocycles. The van der Waals surface area contributed by atoms with Crippen LogP contribution < -0.4 is 5.32 Å².